The van der Waals surface area contributed by atoms with E-state index in [4.69, 9.17) is 16.1 Å². The molecule has 2 aromatic heterocycles. The van der Waals surface area contributed by atoms with E-state index in [1.54, 1.807) is 24.4 Å². The molecule has 8 heteroatoms. The number of benzene rings is 1. The minimum atomic E-state index is -0.284. The molecule has 1 amide bonds. The van der Waals surface area contributed by atoms with Crippen molar-refractivity contribution < 1.29 is 9.32 Å². The first-order chi connectivity index (χ1) is 13.0. The van der Waals surface area contributed by atoms with Gasteiger partial charge in [-0.1, -0.05) is 35.8 Å². The lowest BCUT2D eigenvalue weighted by molar-refractivity contribution is -0.121. The quantitative estimate of drug-likeness (QED) is 0.674. The van der Waals surface area contributed by atoms with Crippen LogP contribution in [0.2, 0.25) is 5.02 Å². The lowest BCUT2D eigenvalue weighted by Crippen LogP contribution is -2.31. The molecule has 0 bridgehead atoms. The molecule has 0 spiro atoms. The van der Waals surface area contributed by atoms with E-state index in [2.05, 4.69) is 15.5 Å². The van der Waals surface area contributed by atoms with E-state index in [-0.39, 0.29) is 18.0 Å². The normalized spacial score (nSPS) is 10.7. The third kappa shape index (κ3) is 5.04. The number of rotatable bonds is 7. The minimum Gasteiger partial charge on any atom is -0.350 e. The highest BCUT2D eigenvalue weighted by Crippen LogP contribution is 2.16. The van der Waals surface area contributed by atoms with Gasteiger partial charge in [-0.3, -0.25) is 9.59 Å². The van der Waals surface area contributed by atoms with Crippen LogP contribution in [0.5, 0.6) is 0 Å². The number of hydrogen-bond acceptors (Lipinski definition) is 5. The molecule has 3 rings (SSSR count). The highest BCUT2D eigenvalue weighted by Gasteiger charge is 2.11. The molecule has 0 aliphatic carbocycles. The average Bonchev–Trinajstić information content (AvgIpc) is 3.12. The van der Waals surface area contributed by atoms with E-state index in [0.717, 1.165) is 18.4 Å². The van der Waals surface area contributed by atoms with Crippen molar-refractivity contribution in [3.8, 4) is 11.5 Å². The zero-order valence-electron chi connectivity index (χ0n) is 14.8. The molecule has 0 unspecified atom stereocenters. The summed E-state index contributed by atoms with van der Waals surface area (Å²) in [6, 6.07) is 10.2. The fourth-order valence-electron chi connectivity index (χ4n) is 2.49. The summed E-state index contributed by atoms with van der Waals surface area (Å²) in [6.45, 7) is 2.28. The van der Waals surface area contributed by atoms with Crippen LogP contribution in [0.15, 0.2) is 51.9 Å². The fraction of sp³-hybridized carbons (Fsp3) is 0.263. The van der Waals surface area contributed by atoms with Crippen molar-refractivity contribution in [1.82, 2.24) is 20.0 Å². The van der Waals surface area contributed by atoms with Gasteiger partial charge in [0.05, 0.1) is 5.56 Å². The Bertz CT molecular complexity index is 979. The molecule has 0 atom stereocenters. The standard InChI is InChI=1S/C19H19ClN4O3/c1-2-3-16-22-19(27-23-16)14-6-9-18(26)24(11-14)12-17(25)21-10-13-4-7-15(20)8-5-13/h4-9,11H,2-3,10,12H2,1H3,(H,21,25). The van der Waals surface area contributed by atoms with Crippen LogP contribution < -0.4 is 10.9 Å². The molecule has 27 heavy (non-hydrogen) atoms. The van der Waals surface area contributed by atoms with E-state index in [9.17, 15) is 9.59 Å². The molecule has 0 saturated carbocycles. The van der Waals surface area contributed by atoms with Gasteiger partial charge in [0, 0.05) is 30.3 Å². The van der Waals surface area contributed by atoms with Crippen molar-refractivity contribution in [3.05, 3.63) is 69.4 Å². The van der Waals surface area contributed by atoms with Crippen molar-refractivity contribution in [2.24, 2.45) is 0 Å². The molecule has 1 aromatic carbocycles. The maximum atomic E-state index is 12.2. The molecular weight excluding hydrogens is 368 g/mol. The maximum Gasteiger partial charge on any atom is 0.259 e. The van der Waals surface area contributed by atoms with Crippen molar-refractivity contribution >= 4 is 17.5 Å². The molecule has 1 N–H and O–H groups in total. The second-order valence-electron chi connectivity index (χ2n) is 6.05. The van der Waals surface area contributed by atoms with Crippen molar-refractivity contribution in [3.63, 3.8) is 0 Å². The lowest BCUT2D eigenvalue weighted by atomic mass is 10.2. The first-order valence-corrected chi connectivity index (χ1v) is 8.97. The number of hydrogen-bond donors (Lipinski definition) is 1. The third-order valence-corrected chi connectivity index (χ3v) is 4.14. The van der Waals surface area contributed by atoms with Crippen LogP contribution in [0.4, 0.5) is 0 Å². The van der Waals surface area contributed by atoms with Crippen LogP contribution >= 0.6 is 11.6 Å². The number of carbonyl (C=O) groups is 1. The Morgan fingerprint density at radius 3 is 2.74 bits per heavy atom. The number of nitrogens with zero attached hydrogens (tertiary/aromatic N) is 3. The molecular formula is C19H19ClN4O3. The first kappa shape index (κ1) is 18.8. The number of nitrogens with one attached hydrogen (secondary N) is 1. The zero-order chi connectivity index (χ0) is 19.2. The Morgan fingerprint density at radius 1 is 1.22 bits per heavy atom. The van der Waals surface area contributed by atoms with Crippen LogP contribution in [-0.2, 0) is 24.3 Å². The van der Waals surface area contributed by atoms with Gasteiger partial charge in [0.2, 0.25) is 5.91 Å². The van der Waals surface area contributed by atoms with Gasteiger partial charge in [0.1, 0.15) is 6.54 Å². The van der Waals surface area contributed by atoms with Gasteiger partial charge >= 0.3 is 0 Å². The van der Waals surface area contributed by atoms with Crippen LogP contribution in [0.1, 0.15) is 24.7 Å². The number of carbonyl (C=O) groups excluding carboxylic acids is 1. The summed E-state index contributed by atoms with van der Waals surface area (Å²) < 4.78 is 6.55. The van der Waals surface area contributed by atoms with E-state index < -0.39 is 0 Å². The summed E-state index contributed by atoms with van der Waals surface area (Å²) in [4.78, 5) is 28.6. The molecule has 0 saturated heterocycles. The maximum absolute atomic E-state index is 12.2. The topological polar surface area (TPSA) is 90.0 Å². The van der Waals surface area contributed by atoms with Crippen molar-refractivity contribution in [2.75, 3.05) is 0 Å². The second kappa shape index (κ2) is 8.64. The first-order valence-electron chi connectivity index (χ1n) is 8.59. The Hall–Kier alpha value is -2.93. The molecule has 0 aliphatic rings. The molecule has 0 aliphatic heterocycles. The SMILES string of the molecule is CCCc1noc(-c2ccc(=O)n(CC(=O)NCc3ccc(Cl)cc3)c2)n1. The van der Waals surface area contributed by atoms with E-state index >= 15 is 0 Å². The van der Waals surface area contributed by atoms with Crippen molar-refractivity contribution in [2.45, 2.75) is 32.9 Å². The fourth-order valence-corrected chi connectivity index (χ4v) is 2.62. The Morgan fingerprint density at radius 2 is 2.00 bits per heavy atom. The van der Waals surface area contributed by atoms with Gasteiger partial charge in [-0.05, 0) is 30.2 Å². The Kier molecular flexibility index (Phi) is 6.03. The largest absolute Gasteiger partial charge is 0.350 e. The van der Waals surface area contributed by atoms with Crippen LogP contribution in [0, 0.1) is 0 Å². The van der Waals surface area contributed by atoms with Crippen LogP contribution in [-0.4, -0.2) is 20.6 Å². The highest BCUT2D eigenvalue weighted by molar-refractivity contribution is 6.30. The molecule has 0 fully saturated rings. The molecule has 2 heterocycles. The number of amides is 1. The van der Waals surface area contributed by atoms with Crippen molar-refractivity contribution in [1.29, 1.82) is 0 Å². The molecule has 7 nitrogen and oxygen atoms in total. The number of aromatic nitrogens is 3. The van der Waals surface area contributed by atoms with Gasteiger partial charge in [-0.25, -0.2) is 0 Å². The summed E-state index contributed by atoms with van der Waals surface area (Å²) >= 11 is 5.84. The molecule has 140 valence electrons. The summed E-state index contributed by atoms with van der Waals surface area (Å²) in [5, 5.41) is 7.32. The Balaban J connectivity index is 1.67. The second-order valence-corrected chi connectivity index (χ2v) is 6.49. The monoisotopic (exact) mass is 386 g/mol. The van der Waals surface area contributed by atoms with Crippen LogP contribution in [0.3, 0.4) is 0 Å². The predicted molar refractivity (Wildman–Crippen MR) is 101 cm³/mol. The Labute approximate surface area is 161 Å². The van der Waals surface area contributed by atoms with Crippen LogP contribution in [0.25, 0.3) is 11.5 Å². The highest BCUT2D eigenvalue weighted by atomic mass is 35.5. The number of aryl methyl sites for hydroxylation is 1. The van der Waals surface area contributed by atoms with Gasteiger partial charge in [-0.2, -0.15) is 4.98 Å². The van der Waals surface area contributed by atoms with Gasteiger partial charge in [0.15, 0.2) is 5.82 Å². The summed E-state index contributed by atoms with van der Waals surface area (Å²) in [5.41, 5.74) is 1.23. The van der Waals surface area contributed by atoms with E-state index in [1.165, 1.54) is 10.6 Å². The van der Waals surface area contributed by atoms with E-state index in [1.807, 2.05) is 19.1 Å². The smallest absolute Gasteiger partial charge is 0.259 e. The molecule has 0 radical (unpaired) electrons. The van der Waals surface area contributed by atoms with Gasteiger partial charge in [-0.15, -0.1) is 0 Å². The molecule has 3 aromatic rings. The van der Waals surface area contributed by atoms with Gasteiger partial charge in [0.25, 0.3) is 11.4 Å². The van der Waals surface area contributed by atoms with E-state index in [0.29, 0.717) is 28.8 Å². The zero-order valence-corrected chi connectivity index (χ0v) is 15.6. The third-order valence-electron chi connectivity index (χ3n) is 3.89. The lowest BCUT2D eigenvalue weighted by Gasteiger charge is -2.08. The minimum absolute atomic E-state index is 0.101. The number of halogens is 1. The average molecular weight is 387 g/mol. The summed E-state index contributed by atoms with van der Waals surface area (Å²) in [7, 11) is 0. The number of pyridine rings is 1. The summed E-state index contributed by atoms with van der Waals surface area (Å²) in [6.07, 6.45) is 3.18. The predicted octanol–water partition coefficient (Wildman–Crippen LogP) is 2.82. The van der Waals surface area contributed by atoms with Gasteiger partial charge < -0.3 is 14.4 Å². The summed E-state index contributed by atoms with van der Waals surface area (Å²) in [5.74, 6) is 0.668.